The van der Waals surface area contributed by atoms with E-state index in [1.165, 1.54) is 38.5 Å². The topological polar surface area (TPSA) is 50.4 Å². The van der Waals surface area contributed by atoms with Crippen molar-refractivity contribution in [1.29, 1.82) is 0 Å². The summed E-state index contributed by atoms with van der Waals surface area (Å²) in [5.74, 6) is 0.581. The maximum Gasteiger partial charge on any atom is 0.407 e. The fraction of sp³-hybridized carbons (Fsp3) is 0.944. The van der Waals surface area contributed by atoms with Gasteiger partial charge in [0, 0.05) is 12.1 Å². The van der Waals surface area contributed by atoms with Crippen LogP contribution < -0.4 is 10.6 Å². The van der Waals surface area contributed by atoms with E-state index in [0.29, 0.717) is 12.5 Å². The third kappa shape index (κ3) is 6.55. The standard InChI is InChI=1S/C18H36N2O2/c1-6-7-10-13-20-18(12-9-8-11-15(18)2)14-19-16(21)22-17(3,4)5/h15,20H,6-14H2,1-5H3,(H,19,21). The van der Waals surface area contributed by atoms with Crippen LogP contribution in [0, 0.1) is 5.92 Å². The Morgan fingerprint density at radius 3 is 2.59 bits per heavy atom. The molecule has 0 saturated heterocycles. The Kier molecular flexibility index (Phi) is 7.67. The molecule has 1 aliphatic carbocycles. The maximum absolute atomic E-state index is 12.0. The molecule has 0 spiro atoms. The molecule has 0 radical (unpaired) electrons. The first-order valence-electron chi connectivity index (χ1n) is 9.01. The molecule has 1 amide bonds. The third-order valence-corrected chi connectivity index (χ3v) is 4.66. The number of hydrogen-bond acceptors (Lipinski definition) is 3. The molecular weight excluding hydrogens is 276 g/mol. The molecule has 0 aromatic rings. The van der Waals surface area contributed by atoms with Crippen molar-refractivity contribution in [1.82, 2.24) is 10.6 Å². The van der Waals surface area contributed by atoms with Gasteiger partial charge < -0.3 is 15.4 Å². The van der Waals surface area contributed by atoms with Gasteiger partial charge in [-0.3, -0.25) is 0 Å². The van der Waals surface area contributed by atoms with E-state index < -0.39 is 5.60 Å². The van der Waals surface area contributed by atoms with E-state index in [2.05, 4.69) is 24.5 Å². The number of hydrogen-bond donors (Lipinski definition) is 2. The summed E-state index contributed by atoms with van der Waals surface area (Å²) < 4.78 is 5.37. The van der Waals surface area contributed by atoms with Gasteiger partial charge in [0.25, 0.3) is 0 Å². The van der Waals surface area contributed by atoms with Crippen molar-refractivity contribution in [3.8, 4) is 0 Å². The largest absolute Gasteiger partial charge is 0.444 e. The molecule has 130 valence electrons. The highest BCUT2D eigenvalue weighted by Crippen LogP contribution is 2.33. The van der Waals surface area contributed by atoms with Gasteiger partial charge in [0.2, 0.25) is 0 Å². The number of nitrogens with one attached hydrogen (secondary N) is 2. The molecule has 1 saturated carbocycles. The molecule has 0 heterocycles. The SMILES string of the molecule is CCCCCNC1(CNC(=O)OC(C)(C)C)CCCCC1C. The minimum atomic E-state index is -0.440. The summed E-state index contributed by atoms with van der Waals surface area (Å²) in [5.41, 5.74) is -0.410. The zero-order valence-corrected chi connectivity index (χ0v) is 15.3. The quantitative estimate of drug-likeness (QED) is 0.691. The van der Waals surface area contributed by atoms with Crippen LogP contribution in [0.25, 0.3) is 0 Å². The lowest BCUT2D eigenvalue weighted by atomic mass is 9.73. The van der Waals surface area contributed by atoms with E-state index in [1.807, 2.05) is 20.8 Å². The first-order valence-corrected chi connectivity index (χ1v) is 9.01. The fourth-order valence-corrected chi connectivity index (χ4v) is 3.26. The van der Waals surface area contributed by atoms with Crippen molar-refractivity contribution in [2.24, 2.45) is 5.92 Å². The Morgan fingerprint density at radius 1 is 1.27 bits per heavy atom. The van der Waals surface area contributed by atoms with Crippen molar-refractivity contribution >= 4 is 6.09 Å². The number of ether oxygens (including phenoxy) is 1. The summed E-state index contributed by atoms with van der Waals surface area (Å²) >= 11 is 0. The number of carbonyl (C=O) groups is 1. The van der Waals surface area contributed by atoms with E-state index in [0.717, 1.165) is 13.0 Å². The van der Waals surface area contributed by atoms with Crippen LogP contribution in [0.15, 0.2) is 0 Å². The van der Waals surface area contributed by atoms with Crippen LogP contribution in [0.1, 0.15) is 79.6 Å². The van der Waals surface area contributed by atoms with Gasteiger partial charge in [0.1, 0.15) is 5.60 Å². The Labute approximate surface area is 136 Å². The molecular formula is C18H36N2O2. The Bertz CT molecular complexity index is 338. The Balaban J connectivity index is 2.56. The normalized spacial score (nSPS) is 25.8. The zero-order valence-electron chi connectivity index (χ0n) is 15.3. The molecule has 2 unspecified atom stereocenters. The smallest absolute Gasteiger partial charge is 0.407 e. The second-order valence-corrected chi connectivity index (χ2v) is 7.79. The third-order valence-electron chi connectivity index (χ3n) is 4.66. The summed E-state index contributed by atoms with van der Waals surface area (Å²) in [6.45, 7) is 11.9. The van der Waals surface area contributed by atoms with E-state index in [9.17, 15) is 4.79 Å². The molecule has 0 bridgehead atoms. The minimum Gasteiger partial charge on any atom is -0.444 e. The molecule has 1 aliphatic rings. The monoisotopic (exact) mass is 312 g/mol. The van der Waals surface area contributed by atoms with Crippen molar-refractivity contribution < 1.29 is 9.53 Å². The fourth-order valence-electron chi connectivity index (χ4n) is 3.26. The molecule has 1 rings (SSSR count). The highest BCUT2D eigenvalue weighted by atomic mass is 16.6. The van der Waals surface area contributed by atoms with Crippen LogP contribution in [0.3, 0.4) is 0 Å². The number of alkyl carbamates (subject to hydrolysis) is 1. The highest BCUT2D eigenvalue weighted by Gasteiger charge is 2.38. The molecule has 4 nitrogen and oxygen atoms in total. The van der Waals surface area contributed by atoms with Crippen LogP contribution >= 0.6 is 0 Å². The molecule has 2 atom stereocenters. The average Bonchev–Trinajstić information content (AvgIpc) is 2.42. The van der Waals surface area contributed by atoms with Gasteiger partial charge in [-0.2, -0.15) is 0 Å². The van der Waals surface area contributed by atoms with Gasteiger partial charge in [0.05, 0.1) is 0 Å². The van der Waals surface area contributed by atoms with E-state index in [-0.39, 0.29) is 11.6 Å². The highest BCUT2D eigenvalue weighted by molar-refractivity contribution is 5.67. The predicted octanol–water partition coefficient (Wildman–Crippen LogP) is 4.24. The minimum absolute atomic E-state index is 0.0307. The second-order valence-electron chi connectivity index (χ2n) is 7.79. The van der Waals surface area contributed by atoms with Gasteiger partial charge in [-0.15, -0.1) is 0 Å². The Hall–Kier alpha value is -0.770. The van der Waals surface area contributed by atoms with Gasteiger partial charge in [-0.05, 0) is 52.5 Å². The molecule has 2 N–H and O–H groups in total. The maximum atomic E-state index is 12.0. The van der Waals surface area contributed by atoms with Crippen molar-refractivity contribution in [2.75, 3.05) is 13.1 Å². The summed E-state index contributed by atoms with van der Waals surface area (Å²) in [7, 11) is 0. The van der Waals surface area contributed by atoms with Gasteiger partial charge in [0.15, 0.2) is 0 Å². The molecule has 1 fully saturated rings. The zero-order chi connectivity index (χ0) is 16.6. The summed E-state index contributed by atoms with van der Waals surface area (Å²) in [6.07, 6.45) is 8.30. The summed E-state index contributed by atoms with van der Waals surface area (Å²) in [6, 6.07) is 0. The van der Waals surface area contributed by atoms with Crippen LogP contribution in [-0.2, 0) is 4.74 Å². The van der Waals surface area contributed by atoms with Gasteiger partial charge in [-0.25, -0.2) is 4.79 Å². The second kappa shape index (κ2) is 8.76. The van der Waals surface area contributed by atoms with E-state index in [4.69, 9.17) is 4.74 Å². The van der Waals surface area contributed by atoms with Gasteiger partial charge in [-0.1, -0.05) is 39.5 Å². The number of amides is 1. The van der Waals surface area contributed by atoms with Crippen LogP contribution in [0.4, 0.5) is 4.79 Å². The first kappa shape index (κ1) is 19.3. The van der Waals surface area contributed by atoms with Gasteiger partial charge >= 0.3 is 6.09 Å². The summed E-state index contributed by atoms with van der Waals surface area (Å²) in [5, 5.41) is 6.77. The first-order chi connectivity index (χ1) is 10.3. The van der Waals surface area contributed by atoms with E-state index >= 15 is 0 Å². The molecule has 0 aromatic carbocycles. The number of unbranched alkanes of at least 4 members (excludes halogenated alkanes) is 2. The molecule has 4 heteroatoms. The lowest BCUT2D eigenvalue weighted by Crippen LogP contribution is -2.59. The number of rotatable bonds is 7. The van der Waals surface area contributed by atoms with Crippen LogP contribution in [-0.4, -0.2) is 30.3 Å². The lowest BCUT2D eigenvalue weighted by molar-refractivity contribution is 0.0480. The van der Waals surface area contributed by atoms with Crippen LogP contribution in [0.2, 0.25) is 0 Å². The average molecular weight is 312 g/mol. The van der Waals surface area contributed by atoms with Crippen molar-refractivity contribution in [2.45, 2.75) is 90.7 Å². The number of carbonyl (C=O) groups excluding carboxylic acids is 1. The molecule has 22 heavy (non-hydrogen) atoms. The molecule has 0 aromatic heterocycles. The predicted molar refractivity (Wildman–Crippen MR) is 92.1 cm³/mol. The lowest BCUT2D eigenvalue weighted by Gasteiger charge is -2.44. The van der Waals surface area contributed by atoms with Crippen molar-refractivity contribution in [3.63, 3.8) is 0 Å². The Morgan fingerprint density at radius 2 is 2.00 bits per heavy atom. The van der Waals surface area contributed by atoms with E-state index in [1.54, 1.807) is 0 Å². The van der Waals surface area contributed by atoms with Crippen LogP contribution in [0.5, 0.6) is 0 Å². The molecule has 0 aliphatic heterocycles. The summed E-state index contributed by atoms with van der Waals surface area (Å²) in [4.78, 5) is 12.0. The van der Waals surface area contributed by atoms with Crippen molar-refractivity contribution in [3.05, 3.63) is 0 Å².